The number of aromatic nitrogens is 3. The fraction of sp³-hybridized carbons (Fsp3) is 0.361. The second-order valence-corrected chi connectivity index (χ2v) is 13.0. The van der Waals surface area contributed by atoms with Crippen LogP contribution < -0.4 is 10.3 Å². The van der Waals surface area contributed by atoms with E-state index in [1.165, 1.54) is 30.3 Å². The van der Waals surface area contributed by atoms with Crippen molar-refractivity contribution < 1.29 is 23.0 Å². The van der Waals surface area contributed by atoms with Crippen molar-refractivity contribution in [3.63, 3.8) is 0 Å². The van der Waals surface area contributed by atoms with E-state index in [1.807, 2.05) is 32.9 Å². The van der Waals surface area contributed by atoms with Crippen molar-refractivity contribution in [3.8, 4) is 34.3 Å². The Morgan fingerprint density at radius 1 is 1.06 bits per heavy atom. The maximum Gasteiger partial charge on any atom is 0.410 e. The lowest BCUT2D eigenvalue weighted by Crippen LogP contribution is -2.42. The first kappa shape index (κ1) is 31.9. The first-order valence-corrected chi connectivity index (χ1v) is 15.6. The molecule has 0 spiro atoms. The predicted octanol–water partition coefficient (Wildman–Crippen LogP) is 6.93. The van der Waals surface area contributed by atoms with Crippen molar-refractivity contribution in [1.82, 2.24) is 19.4 Å². The first-order valence-electron chi connectivity index (χ1n) is 15.6. The van der Waals surface area contributed by atoms with E-state index in [2.05, 4.69) is 9.97 Å². The number of hydrogen-bond acceptors (Lipinski definition) is 7. The molecular weight excluding hydrogens is 604 g/mol. The Hall–Kier alpha value is -5.11. The van der Waals surface area contributed by atoms with Gasteiger partial charge in [-0.15, -0.1) is 0 Å². The van der Waals surface area contributed by atoms with E-state index < -0.39 is 23.1 Å². The number of carbonyl (C=O) groups is 1. The number of alkyl halides is 2. The molecule has 4 aromatic rings. The minimum Gasteiger partial charge on any atom is -0.490 e. The molecule has 47 heavy (non-hydrogen) atoms. The maximum atomic E-state index is 15.9. The number of nitriles is 1. The van der Waals surface area contributed by atoms with Crippen molar-refractivity contribution in [2.24, 2.45) is 5.92 Å². The smallest absolute Gasteiger partial charge is 0.410 e. The third kappa shape index (κ3) is 6.32. The van der Waals surface area contributed by atoms with Crippen molar-refractivity contribution in [1.29, 1.82) is 5.26 Å². The normalized spacial score (nSPS) is 16.1. The molecule has 242 valence electrons. The highest BCUT2D eigenvalue weighted by molar-refractivity contribution is 5.79. The van der Waals surface area contributed by atoms with Gasteiger partial charge in [0.1, 0.15) is 11.3 Å². The number of hydrogen-bond donors (Lipinski definition) is 0. The number of pyridine rings is 1. The summed E-state index contributed by atoms with van der Waals surface area (Å²) in [5, 5.41) is 9.32. The monoisotopic (exact) mass is 639 g/mol. The Balaban J connectivity index is 1.15. The van der Waals surface area contributed by atoms with E-state index >= 15 is 8.78 Å². The highest BCUT2D eigenvalue weighted by Crippen LogP contribution is 2.51. The van der Waals surface area contributed by atoms with Crippen molar-refractivity contribution >= 4 is 6.09 Å². The fourth-order valence-electron chi connectivity index (χ4n) is 6.16. The Morgan fingerprint density at radius 2 is 1.79 bits per heavy atom. The number of halogens is 2. The number of benzene rings is 2. The van der Waals surface area contributed by atoms with Gasteiger partial charge in [0.05, 0.1) is 36.7 Å². The van der Waals surface area contributed by atoms with Crippen LogP contribution in [0.15, 0.2) is 71.8 Å². The molecular formula is C36H35F2N5O4. The molecule has 1 saturated heterocycles. The number of rotatable bonds is 6. The van der Waals surface area contributed by atoms with Crippen LogP contribution in [-0.4, -0.2) is 50.8 Å². The summed E-state index contributed by atoms with van der Waals surface area (Å²) >= 11 is 0. The summed E-state index contributed by atoms with van der Waals surface area (Å²) in [5.74, 6) is -2.20. The third-order valence-electron chi connectivity index (χ3n) is 8.60. The Bertz CT molecular complexity index is 1920. The lowest BCUT2D eigenvalue weighted by Gasteiger charge is -2.33. The lowest BCUT2D eigenvalue weighted by atomic mass is 9.98. The molecule has 1 atom stereocenters. The van der Waals surface area contributed by atoms with E-state index in [1.54, 1.807) is 42.4 Å². The maximum absolute atomic E-state index is 15.9. The molecule has 1 aliphatic carbocycles. The number of piperidine rings is 1. The van der Waals surface area contributed by atoms with E-state index in [0.29, 0.717) is 42.4 Å². The van der Waals surface area contributed by atoms with Crippen LogP contribution in [0.2, 0.25) is 0 Å². The number of ether oxygens (including phenoxy) is 2. The summed E-state index contributed by atoms with van der Waals surface area (Å²) in [6, 6.07) is 15.2. The van der Waals surface area contributed by atoms with Gasteiger partial charge in [0.25, 0.3) is 5.56 Å². The van der Waals surface area contributed by atoms with Crippen LogP contribution in [-0.2, 0) is 10.7 Å². The molecule has 1 fully saturated rings. The average molecular weight is 640 g/mol. The highest BCUT2D eigenvalue weighted by atomic mass is 19.3. The summed E-state index contributed by atoms with van der Waals surface area (Å²) < 4.78 is 44.3. The topological polar surface area (TPSA) is 110 Å². The molecule has 0 bridgehead atoms. The highest BCUT2D eigenvalue weighted by Gasteiger charge is 2.47. The number of likely N-dealkylation sites (tertiary alicyclic amines) is 1. The van der Waals surface area contributed by atoms with Gasteiger partial charge in [-0.3, -0.25) is 9.36 Å². The van der Waals surface area contributed by atoms with Gasteiger partial charge in [0.15, 0.2) is 11.6 Å². The summed E-state index contributed by atoms with van der Waals surface area (Å²) in [7, 11) is 0. The molecule has 0 unspecified atom stereocenters. The van der Waals surface area contributed by atoms with Crippen LogP contribution in [0.4, 0.5) is 13.6 Å². The second-order valence-electron chi connectivity index (χ2n) is 13.0. The number of nitrogens with zero attached hydrogens (tertiary/aromatic N) is 5. The summed E-state index contributed by atoms with van der Waals surface area (Å²) in [4.78, 5) is 36.1. The number of amides is 1. The van der Waals surface area contributed by atoms with Gasteiger partial charge in [-0.25, -0.2) is 14.8 Å². The average Bonchev–Trinajstić information content (AvgIpc) is 3.28. The van der Waals surface area contributed by atoms with Gasteiger partial charge in [-0.05, 0) is 81.8 Å². The lowest BCUT2D eigenvalue weighted by molar-refractivity contribution is 0.0164. The van der Waals surface area contributed by atoms with Crippen molar-refractivity contribution in [2.75, 3.05) is 19.7 Å². The molecule has 6 rings (SSSR count). The molecule has 0 saturated carbocycles. The van der Waals surface area contributed by atoms with Gasteiger partial charge in [-0.1, -0.05) is 24.3 Å². The minimum atomic E-state index is -3.42. The molecule has 2 aromatic carbocycles. The standard InChI is InChI=1S/C36H35F2N5O4/c1-22(43-31(44)11-9-28-29-16-24(18-39)8-10-30(29)36(37,38)32(28)43)25-6-5-7-26(17-25)33-40-19-27(20-41-33)46-21-23-12-14-42(15-13-23)34(45)47-35(2,3)4/h5-11,16-17,19-20,22-23H,12-15,21H2,1-4H3/t22-/m1/s1. The molecule has 1 aliphatic heterocycles. The second kappa shape index (κ2) is 12.2. The van der Waals surface area contributed by atoms with E-state index in [0.717, 1.165) is 17.4 Å². The Kier molecular flexibility index (Phi) is 8.30. The Labute approximate surface area is 271 Å². The molecule has 0 N–H and O–H groups in total. The van der Waals surface area contributed by atoms with E-state index in [-0.39, 0.29) is 40.0 Å². The SMILES string of the molecule is C[C@H](c1cccc(-c2ncc(OCC3CCN(C(=O)OC(C)(C)C)CC3)cn2)c1)n1c2c(ccc1=O)-c1cc(C#N)ccc1C2(F)F. The van der Waals surface area contributed by atoms with Gasteiger partial charge < -0.3 is 14.4 Å². The van der Waals surface area contributed by atoms with Gasteiger partial charge in [0, 0.05) is 35.8 Å². The predicted molar refractivity (Wildman–Crippen MR) is 171 cm³/mol. The fourth-order valence-corrected chi connectivity index (χ4v) is 6.16. The van der Waals surface area contributed by atoms with Crippen molar-refractivity contribution in [3.05, 3.63) is 99.7 Å². The molecule has 2 aliphatic rings. The molecule has 9 nitrogen and oxygen atoms in total. The van der Waals surface area contributed by atoms with Crippen LogP contribution in [0.3, 0.4) is 0 Å². The minimum absolute atomic E-state index is 0.228. The summed E-state index contributed by atoms with van der Waals surface area (Å²) in [6.07, 6.45) is 4.50. The molecule has 0 radical (unpaired) electrons. The number of fused-ring (bicyclic) bond motifs is 3. The van der Waals surface area contributed by atoms with Gasteiger partial charge >= 0.3 is 12.0 Å². The zero-order valence-electron chi connectivity index (χ0n) is 26.7. The van der Waals surface area contributed by atoms with Crippen LogP contribution >= 0.6 is 0 Å². The van der Waals surface area contributed by atoms with Crippen LogP contribution in [0.5, 0.6) is 5.75 Å². The number of carbonyl (C=O) groups excluding carboxylic acids is 1. The molecule has 2 aromatic heterocycles. The third-order valence-corrected chi connectivity index (χ3v) is 8.60. The van der Waals surface area contributed by atoms with Crippen LogP contribution in [0.1, 0.15) is 69.0 Å². The first-order chi connectivity index (χ1) is 22.4. The molecule has 3 heterocycles. The van der Waals surface area contributed by atoms with Gasteiger partial charge in [0.2, 0.25) is 0 Å². The Morgan fingerprint density at radius 3 is 2.47 bits per heavy atom. The summed E-state index contributed by atoms with van der Waals surface area (Å²) in [6.45, 7) is 8.95. The van der Waals surface area contributed by atoms with Gasteiger partial charge in [-0.2, -0.15) is 14.0 Å². The van der Waals surface area contributed by atoms with E-state index in [4.69, 9.17) is 9.47 Å². The largest absolute Gasteiger partial charge is 0.490 e. The van der Waals surface area contributed by atoms with Crippen LogP contribution in [0, 0.1) is 17.2 Å². The quantitative estimate of drug-likeness (QED) is 0.225. The zero-order valence-corrected chi connectivity index (χ0v) is 26.7. The van der Waals surface area contributed by atoms with Crippen LogP contribution in [0.25, 0.3) is 22.5 Å². The zero-order chi connectivity index (χ0) is 33.5. The summed E-state index contributed by atoms with van der Waals surface area (Å²) in [5.41, 5.74) is 0.340. The molecule has 11 heteroatoms. The molecule has 1 amide bonds. The van der Waals surface area contributed by atoms with E-state index in [9.17, 15) is 14.9 Å². The van der Waals surface area contributed by atoms with Crippen molar-refractivity contribution in [2.45, 2.75) is 58.1 Å².